The Morgan fingerprint density at radius 1 is 1.37 bits per heavy atom. The minimum atomic E-state index is -1.15. The molecule has 1 fully saturated rings. The van der Waals surface area contributed by atoms with Gasteiger partial charge in [-0.25, -0.2) is 4.79 Å². The van der Waals surface area contributed by atoms with Crippen molar-refractivity contribution in [2.45, 2.75) is 44.7 Å². The van der Waals surface area contributed by atoms with Crippen LogP contribution in [0.3, 0.4) is 0 Å². The van der Waals surface area contributed by atoms with E-state index in [0.29, 0.717) is 23.7 Å². The summed E-state index contributed by atoms with van der Waals surface area (Å²) in [5, 5.41) is 15.7. The van der Waals surface area contributed by atoms with Crippen LogP contribution in [-0.4, -0.2) is 52.6 Å². The van der Waals surface area contributed by atoms with Crippen LogP contribution in [0.15, 0.2) is 34.9 Å². The number of carbonyl (C=O) groups is 3. The van der Waals surface area contributed by atoms with E-state index in [4.69, 9.17) is 9.26 Å². The molecule has 3 rings (SSSR count). The second-order valence-corrected chi connectivity index (χ2v) is 7.29. The zero-order valence-electron chi connectivity index (χ0n) is 17.0. The fraction of sp³-hybridized carbons (Fsp3) is 0.429. The summed E-state index contributed by atoms with van der Waals surface area (Å²) in [6, 6.07) is 7.75. The molecule has 0 spiro atoms. The van der Waals surface area contributed by atoms with Crippen molar-refractivity contribution in [3.8, 4) is 5.75 Å². The van der Waals surface area contributed by atoms with Gasteiger partial charge in [-0.15, -0.1) is 0 Å². The number of nitrogens with one attached hydrogen (secondary N) is 1. The van der Waals surface area contributed by atoms with Crippen LogP contribution in [0.2, 0.25) is 0 Å². The average Bonchev–Trinajstić information content (AvgIpc) is 3.36. The molecule has 1 saturated heterocycles. The first-order valence-electron chi connectivity index (χ1n) is 9.75. The first-order valence-corrected chi connectivity index (χ1v) is 9.75. The highest BCUT2D eigenvalue weighted by Gasteiger charge is 2.32. The molecule has 0 bridgehead atoms. The van der Waals surface area contributed by atoms with E-state index in [0.717, 1.165) is 18.4 Å². The molecule has 0 radical (unpaired) electrons. The molecule has 9 heteroatoms. The Morgan fingerprint density at radius 2 is 2.17 bits per heavy atom. The van der Waals surface area contributed by atoms with Crippen molar-refractivity contribution in [1.82, 2.24) is 15.4 Å². The van der Waals surface area contributed by atoms with Gasteiger partial charge in [0, 0.05) is 26.0 Å². The highest BCUT2D eigenvalue weighted by Crippen LogP contribution is 2.32. The monoisotopic (exact) mass is 415 g/mol. The number of carboxylic acid groups (broad SMARTS) is 1. The van der Waals surface area contributed by atoms with Crippen LogP contribution in [0.1, 0.15) is 42.8 Å². The Balaban J connectivity index is 1.68. The number of methoxy groups -OCH3 is 1. The van der Waals surface area contributed by atoms with Gasteiger partial charge in [0.2, 0.25) is 11.8 Å². The van der Waals surface area contributed by atoms with Crippen LogP contribution in [0.5, 0.6) is 5.75 Å². The molecule has 1 aromatic heterocycles. The van der Waals surface area contributed by atoms with E-state index in [2.05, 4.69) is 10.5 Å². The lowest BCUT2D eigenvalue weighted by molar-refractivity contribution is -0.141. The van der Waals surface area contributed by atoms with Crippen LogP contribution in [-0.2, 0) is 27.2 Å². The quantitative estimate of drug-likeness (QED) is 0.673. The number of amides is 2. The van der Waals surface area contributed by atoms with E-state index in [1.54, 1.807) is 18.1 Å². The van der Waals surface area contributed by atoms with E-state index in [1.807, 2.05) is 24.3 Å². The van der Waals surface area contributed by atoms with E-state index in [1.165, 1.54) is 6.92 Å². The highest BCUT2D eigenvalue weighted by molar-refractivity contribution is 5.82. The number of benzene rings is 1. The first-order chi connectivity index (χ1) is 14.4. The van der Waals surface area contributed by atoms with Gasteiger partial charge < -0.3 is 24.6 Å². The molecular formula is C21H25N3O6. The molecule has 1 aliphatic rings. The van der Waals surface area contributed by atoms with Gasteiger partial charge in [-0.05, 0) is 30.5 Å². The van der Waals surface area contributed by atoms with Crippen molar-refractivity contribution in [2.75, 3.05) is 13.7 Å². The van der Waals surface area contributed by atoms with E-state index >= 15 is 0 Å². The lowest BCUT2D eigenvalue weighted by Gasteiger charge is -2.23. The number of rotatable bonds is 8. The zero-order chi connectivity index (χ0) is 21.7. The Labute approximate surface area is 174 Å². The van der Waals surface area contributed by atoms with Gasteiger partial charge in [-0.3, -0.25) is 9.59 Å². The van der Waals surface area contributed by atoms with E-state index in [9.17, 15) is 19.5 Å². The van der Waals surface area contributed by atoms with Gasteiger partial charge in [0.1, 0.15) is 23.2 Å². The van der Waals surface area contributed by atoms with Gasteiger partial charge in [0.15, 0.2) is 0 Å². The standard InChI is InChI=1S/C21H25N3O6/c1-13(25)22-18(21(27)28)12-16-11-17(23-30-16)19-7-4-8-24(19)20(26)10-14-5-3-6-15(9-14)29-2/h3,5-6,9,11,18-19H,4,7-8,10,12H2,1-2H3,(H,22,25)(H,27,28). The minimum Gasteiger partial charge on any atom is -0.497 e. The summed E-state index contributed by atoms with van der Waals surface area (Å²) >= 11 is 0. The fourth-order valence-corrected chi connectivity index (χ4v) is 3.66. The van der Waals surface area contributed by atoms with Gasteiger partial charge in [0.05, 0.1) is 19.6 Å². The molecule has 2 unspecified atom stereocenters. The second-order valence-electron chi connectivity index (χ2n) is 7.29. The molecule has 2 N–H and O–H groups in total. The summed E-state index contributed by atoms with van der Waals surface area (Å²) < 4.78 is 10.5. The number of carboxylic acids is 1. The summed E-state index contributed by atoms with van der Waals surface area (Å²) in [5.41, 5.74) is 1.46. The molecular weight excluding hydrogens is 390 g/mol. The number of hydrogen-bond acceptors (Lipinski definition) is 6. The van der Waals surface area contributed by atoms with E-state index < -0.39 is 17.9 Å². The van der Waals surface area contributed by atoms with Crippen molar-refractivity contribution in [3.05, 3.63) is 47.3 Å². The van der Waals surface area contributed by atoms with Crippen LogP contribution in [0.4, 0.5) is 0 Å². The number of aliphatic carboxylic acids is 1. The molecule has 0 aliphatic carbocycles. The molecule has 160 valence electrons. The van der Waals surface area contributed by atoms with Crippen molar-refractivity contribution in [1.29, 1.82) is 0 Å². The van der Waals surface area contributed by atoms with Crippen molar-refractivity contribution < 1.29 is 28.8 Å². The third-order valence-electron chi connectivity index (χ3n) is 5.06. The van der Waals surface area contributed by atoms with Crippen molar-refractivity contribution in [2.24, 2.45) is 0 Å². The normalized spacial score (nSPS) is 16.9. The summed E-state index contributed by atoms with van der Waals surface area (Å²) in [7, 11) is 1.58. The third-order valence-corrected chi connectivity index (χ3v) is 5.06. The Kier molecular flexibility index (Phi) is 6.71. The SMILES string of the molecule is COc1cccc(CC(=O)N2CCCC2c2cc(CC(NC(C)=O)C(=O)O)on2)c1. The number of hydrogen-bond donors (Lipinski definition) is 2. The average molecular weight is 415 g/mol. The predicted octanol–water partition coefficient (Wildman–Crippen LogP) is 1.72. The number of aromatic nitrogens is 1. The van der Waals surface area contributed by atoms with Crippen molar-refractivity contribution >= 4 is 17.8 Å². The van der Waals surface area contributed by atoms with E-state index in [-0.39, 0.29) is 24.8 Å². The molecule has 9 nitrogen and oxygen atoms in total. The van der Waals surface area contributed by atoms with Crippen LogP contribution in [0.25, 0.3) is 0 Å². The van der Waals surface area contributed by atoms with Gasteiger partial charge in [-0.1, -0.05) is 17.3 Å². The molecule has 2 aromatic rings. The fourth-order valence-electron chi connectivity index (χ4n) is 3.66. The summed E-state index contributed by atoms with van der Waals surface area (Å²) in [5.74, 6) is -0.562. The van der Waals surface area contributed by atoms with Gasteiger partial charge >= 0.3 is 5.97 Å². The van der Waals surface area contributed by atoms with Crippen LogP contribution >= 0.6 is 0 Å². The number of nitrogens with zero attached hydrogens (tertiary/aromatic N) is 2. The number of carbonyl (C=O) groups excluding carboxylic acids is 2. The second kappa shape index (κ2) is 9.43. The Bertz CT molecular complexity index is 925. The summed E-state index contributed by atoms with van der Waals surface area (Å²) in [6.45, 7) is 1.88. The minimum absolute atomic E-state index is 0.0167. The van der Waals surface area contributed by atoms with Crippen LogP contribution in [0, 0.1) is 0 Å². The van der Waals surface area contributed by atoms with Crippen molar-refractivity contribution in [3.63, 3.8) is 0 Å². The zero-order valence-corrected chi connectivity index (χ0v) is 17.0. The topological polar surface area (TPSA) is 122 Å². The first kappa shape index (κ1) is 21.4. The molecule has 2 atom stereocenters. The maximum Gasteiger partial charge on any atom is 0.326 e. The van der Waals surface area contributed by atoms with Crippen LogP contribution < -0.4 is 10.1 Å². The smallest absolute Gasteiger partial charge is 0.326 e. The number of likely N-dealkylation sites (tertiary alicyclic amines) is 1. The Hall–Kier alpha value is -3.36. The summed E-state index contributed by atoms with van der Waals surface area (Å²) in [4.78, 5) is 37.2. The maximum atomic E-state index is 12.9. The van der Waals surface area contributed by atoms with Gasteiger partial charge in [-0.2, -0.15) is 0 Å². The molecule has 30 heavy (non-hydrogen) atoms. The largest absolute Gasteiger partial charge is 0.497 e. The molecule has 2 heterocycles. The Morgan fingerprint density at radius 3 is 2.87 bits per heavy atom. The molecule has 1 aromatic carbocycles. The lowest BCUT2D eigenvalue weighted by Crippen LogP contribution is -2.41. The van der Waals surface area contributed by atoms with Gasteiger partial charge in [0.25, 0.3) is 0 Å². The third kappa shape index (κ3) is 5.16. The number of ether oxygens (including phenoxy) is 1. The molecule has 2 amide bonds. The summed E-state index contributed by atoms with van der Waals surface area (Å²) in [6.07, 6.45) is 1.83. The highest BCUT2D eigenvalue weighted by atomic mass is 16.5. The molecule has 1 aliphatic heterocycles. The predicted molar refractivity (Wildman–Crippen MR) is 106 cm³/mol. The maximum absolute atomic E-state index is 12.9. The lowest BCUT2D eigenvalue weighted by atomic mass is 10.1. The molecule has 0 saturated carbocycles.